The van der Waals surface area contributed by atoms with E-state index in [1.54, 1.807) is 19.1 Å². The minimum Gasteiger partial charge on any atom is -0.508 e. The quantitative estimate of drug-likeness (QED) is 0.754. The van der Waals surface area contributed by atoms with Crippen molar-refractivity contribution in [1.82, 2.24) is 5.32 Å². The third-order valence-electron chi connectivity index (χ3n) is 2.41. The molecule has 2 N–H and O–H groups in total. The smallest absolute Gasteiger partial charge is 0.251 e. The van der Waals surface area contributed by atoms with Crippen LogP contribution in [0.25, 0.3) is 0 Å². The highest BCUT2D eigenvalue weighted by Crippen LogP contribution is 2.15. The molecular weight excluding hydrogens is 222 g/mol. The number of amides is 1. The maximum absolute atomic E-state index is 11.8. The molecule has 5 heteroatoms. The molecule has 0 fully saturated rings. The fraction of sp³-hybridized carbons (Fsp3) is 0.417. The van der Waals surface area contributed by atoms with Crippen molar-refractivity contribution in [1.29, 1.82) is 0 Å². The molecule has 0 spiro atoms. The monoisotopic (exact) mass is 239 g/mol. The molecule has 0 atom stereocenters. The van der Waals surface area contributed by atoms with Crippen LogP contribution in [0.1, 0.15) is 15.9 Å². The molecule has 1 aromatic carbocycles. The largest absolute Gasteiger partial charge is 0.508 e. The summed E-state index contributed by atoms with van der Waals surface area (Å²) in [6, 6.07) is 4.60. The van der Waals surface area contributed by atoms with Gasteiger partial charge in [0.2, 0.25) is 0 Å². The van der Waals surface area contributed by atoms with Gasteiger partial charge in [0, 0.05) is 19.8 Å². The van der Waals surface area contributed by atoms with E-state index in [1.165, 1.54) is 20.3 Å². The van der Waals surface area contributed by atoms with Gasteiger partial charge in [-0.2, -0.15) is 0 Å². The van der Waals surface area contributed by atoms with E-state index < -0.39 is 6.29 Å². The Hall–Kier alpha value is -1.59. The van der Waals surface area contributed by atoms with Gasteiger partial charge in [-0.25, -0.2) is 0 Å². The fourth-order valence-corrected chi connectivity index (χ4v) is 1.44. The first-order chi connectivity index (χ1) is 8.08. The Morgan fingerprint density at radius 1 is 1.41 bits per heavy atom. The maximum Gasteiger partial charge on any atom is 0.251 e. The maximum atomic E-state index is 11.8. The summed E-state index contributed by atoms with van der Waals surface area (Å²) in [6.07, 6.45) is -0.462. The predicted molar refractivity (Wildman–Crippen MR) is 63.0 cm³/mol. The van der Waals surface area contributed by atoms with Crippen LogP contribution in [0.4, 0.5) is 0 Å². The second-order valence-corrected chi connectivity index (χ2v) is 3.61. The molecule has 0 heterocycles. The standard InChI is InChI=1S/C12H17NO4/c1-8-6-9(14)4-5-10(8)12(15)13-7-11(16-2)17-3/h4-6,11,14H,7H2,1-3H3,(H,13,15). The number of carbonyl (C=O) groups is 1. The number of phenols is 1. The molecule has 0 radical (unpaired) electrons. The number of aromatic hydroxyl groups is 1. The first-order valence-corrected chi connectivity index (χ1v) is 5.22. The number of ether oxygens (including phenoxy) is 2. The van der Waals surface area contributed by atoms with Crippen LogP contribution in [-0.4, -0.2) is 38.1 Å². The van der Waals surface area contributed by atoms with Crippen molar-refractivity contribution in [3.8, 4) is 5.75 Å². The van der Waals surface area contributed by atoms with Gasteiger partial charge in [0.15, 0.2) is 6.29 Å². The highest BCUT2D eigenvalue weighted by molar-refractivity contribution is 5.95. The van der Waals surface area contributed by atoms with Gasteiger partial charge in [-0.15, -0.1) is 0 Å². The summed E-state index contributed by atoms with van der Waals surface area (Å²) in [5.74, 6) is -0.0766. The number of hydrogen-bond acceptors (Lipinski definition) is 4. The third kappa shape index (κ3) is 3.72. The number of benzene rings is 1. The second kappa shape index (κ2) is 6.22. The van der Waals surface area contributed by atoms with Gasteiger partial charge in [-0.1, -0.05) is 0 Å². The van der Waals surface area contributed by atoms with Crippen molar-refractivity contribution in [3.05, 3.63) is 29.3 Å². The minimum absolute atomic E-state index is 0.144. The average Bonchev–Trinajstić information content (AvgIpc) is 2.30. The van der Waals surface area contributed by atoms with Gasteiger partial charge in [-0.3, -0.25) is 4.79 Å². The van der Waals surface area contributed by atoms with Crippen molar-refractivity contribution in [2.75, 3.05) is 20.8 Å². The zero-order chi connectivity index (χ0) is 12.8. The molecule has 1 rings (SSSR count). The molecule has 0 saturated heterocycles. The topological polar surface area (TPSA) is 67.8 Å². The molecule has 0 bridgehead atoms. The number of rotatable bonds is 5. The van der Waals surface area contributed by atoms with Gasteiger partial charge < -0.3 is 19.9 Å². The van der Waals surface area contributed by atoms with Crippen LogP contribution in [0.2, 0.25) is 0 Å². The van der Waals surface area contributed by atoms with Gasteiger partial charge in [0.1, 0.15) is 5.75 Å². The molecule has 0 aliphatic carbocycles. The highest BCUT2D eigenvalue weighted by Gasteiger charge is 2.11. The van der Waals surface area contributed by atoms with Crippen LogP contribution < -0.4 is 5.32 Å². The van der Waals surface area contributed by atoms with E-state index in [-0.39, 0.29) is 18.2 Å². The first kappa shape index (κ1) is 13.5. The van der Waals surface area contributed by atoms with Crippen molar-refractivity contribution in [2.45, 2.75) is 13.2 Å². The molecule has 1 amide bonds. The summed E-state index contributed by atoms with van der Waals surface area (Å²) in [6.45, 7) is 2.03. The zero-order valence-corrected chi connectivity index (χ0v) is 10.2. The fourth-order valence-electron chi connectivity index (χ4n) is 1.44. The average molecular weight is 239 g/mol. The van der Waals surface area contributed by atoms with E-state index in [0.29, 0.717) is 11.1 Å². The summed E-state index contributed by atoms with van der Waals surface area (Å²) in [7, 11) is 3.01. The van der Waals surface area contributed by atoms with E-state index in [4.69, 9.17) is 9.47 Å². The Bertz CT molecular complexity index is 388. The lowest BCUT2D eigenvalue weighted by Crippen LogP contribution is -2.34. The number of phenolic OH excluding ortho intramolecular Hbond substituents is 1. The minimum atomic E-state index is -0.462. The highest BCUT2D eigenvalue weighted by atomic mass is 16.7. The summed E-state index contributed by atoms with van der Waals surface area (Å²) in [4.78, 5) is 11.8. The zero-order valence-electron chi connectivity index (χ0n) is 10.2. The second-order valence-electron chi connectivity index (χ2n) is 3.61. The Morgan fingerprint density at radius 2 is 2.06 bits per heavy atom. The molecule has 0 unspecified atom stereocenters. The van der Waals surface area contributed by atoms with Crippen molar-refractivity contribution in [2.24, 2.45) is 0 Å². The lowest BCUT2D eigenvalue weighted by atomic mass is 10.1. The van der Waals surface area contributed by atoms with E-state index in [2.05, 4.69) is 5.32 Å². The lowest BCUT2D eigenvalue weighted by molar-refractivity contribution is -0.0974. The Balaban J connectivity index is 2.64. The van der Waals surface area contributed by atoms with E-state index in [1.807, 2.05) is 0 Å². The number of hydrogen-bond donors (Lipinski definition) is 2. The third-order valence-corrected chi connectivity index (χ3v) is 2.41. The number of carbonyl (C=O) groups excluding carboxylic acids is 1. The van der Waals surface area contributed by atoms with E-state index >= 15 is 0 Å². The van der Waals surface area contributed by atoms with Crippen LogP contribution in [0.15, 0.2) is 18.2 Å². The summed E-state index contributed by atoms with van der Waals surface area (Å²) < 4.78 is 9.92. The van der Waals surface area contributed by atoms with Crippen LogP contribution in [0, 0.1) is 6.92 Å². The van der Waals surface area contributed by atoms with Gasteiger partial charge in [0.25, 0.3) is 5.91 Å². The van der Waals surface area contributed by atoms with Crippen LogP contribution >= 0.6 is 0 Å². The Morgan fingerprint density at radius 3 is 2.59 bits per heavy atom. The van der Waals surface area contributed by atoms with Crippen molar-refractivity contribution in [3.63, 3.8) is 0 Å². The van der Waals surface area contributed by atoms with E-state index in [0.717, 1.165) is 0 Å². The molecule has 0 aromatic heterocycles. The number of methoxy groups -OCH3 is 2. The molecular formula is C12H17NO4. The first-order valence-electron chi connectivity index (χ1n) is 5.22. The van der Waals surface area contributed by atoms with Gasteiger partial charge in [-0.05, 0) is 30.7 Å². The summed E-state index contributed by atoms with van der Waals surface area (Å²) >= 11 is 0. The lowest BCUT2D eigenvalue weighted by Gasteiger charge is -2.14. The van der Waals surface area contributed by atoms with Crippen LogP contribution in [0.3, 0.4) is 0 Å². The number of aryl methyl sites for hydroxylation is 1. The van der Waals surface area contributed by atoms with Crippen LogP contribution in [-0.2, 0) is 9.47 Å². The van der Waals surface area contributed by atoms with Crippen molar-refractivity contribution >= 4 is 5.91 Å². The molecule has 0 aliphatic rings. The van der Waals surface area contributed by atoms with Gasteiger partial charge in [0.05, 0.1) is 6.54 Å². The molecule has 0 aliphatic heterocycles. The Kier molecular flexibility index (Phi) is 4.93. The predicted octanol–water partition coefficient (Wildman–Crippen LogP) is 1.05. The number of nitrogens with one attached hydrogen (secondary N) is 1. The normalized spacial score (nSPS) is 10.6. The SMILES string of the molecule is COC(CNC(=O)c1ccc(O)cc1C)OC. The van der Waals surface area contributed by atoms with Crippen LogP contribution in [0.5, 0.6) is 5.75 Å². The molecule has 17 heavy (non-hydrogen) atoms. The van der Waals surface area contributed by atoms with Gasteiger partial charge >= 0.3 is 0 Å². The van der Waals surface area contributed by atoms with E-state index in [9.17, 15) is 9.90 Å². The molecule has 1 aromatic rings. The van der Waals surface area contributed by atoms with Crippen molar-refractivity contribution < 1.29 is 19.4 Å². The Labute approximate surface area is 100 Å². The summed E-state index contributed by atoms with van der Waals surface area (Å²) in [5, 5.41) is 11.9. The summed E-state index contributed by atoms with van der Waals surface area (Å²) in [5.41, 5.74) is 1.24. The molecule has 5 nitrogen and oxygen atoms in total. The molecule has 0 saturated carbocycles. The molecule has 94 valence electrons.